The highest BCUT2D eigenvalue weighted by atomic mass is 16.3. The van der Waals surface area contributed by atoms with Crippen LogP contribution in [0.3, 0.4) is 0 Å². The van der Waals surface area contributed by atoms with Gasteiger partial charge in [-0.05, 0) is 37.5 Å². The molecule has 2 nitrogen and oxygen atoms in total. The molecule has 0 radical (unpaired) electrons. The first-order valence-corrected chi connectivity index (χ1v) is 4.10. The van der Waals surface area contributed by atoms with Crippen molar-refractivity contribution in [2.75, 3.05) is 13.2 Å². The van der Waals surface area contributed by atoms with E-state index in [9.17, 15) is 0 Å². The first-order valence-electron chi connectivity index (χ1n) is 4.10. The molecule has 60 valence electrons. The minimum absolute atomic E-state index is 0.267. The first kappa shape index (κ1) is 8.02. The summed E-state index contributed by atoms with van der Waals surface area (Å²) in [5.41, 5.74) is 0. The summed E-state index contributed by atoms with van der Waals surface area (Å²) in [5.74, 6) is 1.25. The number of rotatable bonds is 5. The van der Waals surface area contributed by atoms with Crippen LogP contribution in [-0.4, -0.2) is 23.4 Å². The van der Waals surface area contributed by atoms with Crippen LogP contribution in [0.4, 0.5) is 0 Å². The Morgan fingerprint density at radius 3 is 2.40 bits per heavy atom. The maximum absolute atomic E-state index is 8.88. The largest absolute Gasteiger partial charge is 0.396 e. The van der Waals surface area contributed by atoms with Gasteiger partial charge in [0.1, 0.15) is 0 Å². The predicted molar refractivity (Wildman–Crippen MR) is 39.6 cm³/mol. The Bertz CT molecular complexity index is 89.3. The molecule has 0 aliphatic heterocycles. The number of aliphatic hydroxyl groups is 2. The van der Waals surface area contributed by atoms with E-state index in [0.717, 1.165) is 18.8 Å². The summed E-state index contributed by atoms with van der Waals surface area (Å²) in [6.45, 7) is 0.577. The van der Waals surface area contributed by atoms with Crippen LogP contribution < -0.4 is 0 Å². The fourth-order valence-electron chi connectivity index (χ4n) is 1.40. The number of hydrogen-bond donors (Lipinski definition) is 2. The molecule has 0 spiro atoms. The van der Waals surface area contributed by atoms with Crippen molar-refractivity contribution in [3.63, 3.8) is 0 Å². The van der Waals surface area contributed by atoms with Gasteiger partial charge in [-0.3, -0.25) is 0 Å². The highest BCUT2D eigenvalue weighted by molar-refractivity contribution is 4.80. The lowest BCUT2D eigenvalue weighted by Crippen LogP contribution is -2.08. The zero-order valence-electron chi connectivity index (χ0n) is 6.29. The highest BCUT2D eigenvalue weighted by Crippen LogP contribution is 2.38. The highest BCUT2D eigenvalue weighted by Gasteiger charge is 2.29. The standard InChI is InChI=1S/C8H16O2/c9-5-1-2-8(6-10)7-3-4-7/h7-10H,1-6H2. The van der Waals surface area contributed by atoms with E-state index in [1.165, 1.54) is 12.8 Å². The van der Waals surface area contributed by atoms with Crippen LogP contribution in [0.15, 0.2) is 0 Å². The van der Waals surface area contributed by atoms with Crippen LogP contribution in [0.2, 0.25) is 0 Å². The Morgan fingerprint density at radius 2 is 2.00 bits per heavy atom. The van der Waals surface area contributed by atoms with Crippen molar-refractivity contribution >= 4 is 0 Å². The van der Waals surface area contributed by atoms with Crippen LogP contribution in [0.1, 0.15) is 25.7 Å². The minimum Gasteiger partial charge on any atom is -0.396 e. The number of hydrogen-bond acceptors (Lipinski definition) is 2. The maximum Gasteiger partial charge on any atom is 0.0461 e. The molecule has 1 unspecified atom stereocenters. The molecule has 0 aromatic heterocycles. The van der Waals surface area contributed by atoms with Crippen molar-refractivity contribution in [1.29, 1.82) is 0 Å². The van der Waals surface area contributed by atoms with E-state index < -0.39 is 0 Å². The van der Waals surface area contributed by atoms with Gasteiger partial charge in [-0.2, -0.15) is 0 Å². The molecule has 10 heavy (non-hydrogen) atoms. The molecule has 1 atom stereocenters. The third-order valence-electron chi connectivity index (χ3n) is 2.26. The molecule has 0 aromatic carbocycles. The summed E-state index contributed by atoms with van der Waals surface area (Å²) in [7, 11) is 0. The molecule has 1 saturated carbocycles. The minimum atomic E-state index is 0.267. The van der Waals surface area contributed by atoms with Gasteiger partial charge < -0.3 is 10.2 Å². The molecule has 1 aliphatic rings. The molecular formula is C8H16O2. The van der Waals surface area contributed by atoms with Crippen LogP contribution in [0.25, 0.3) is 0 Å². The van der Waals surface area contributed by atoms with Crippen LogP contribution in [-0.2, 0) is 0 Å². The van der Waals surface area contributed by atoms with Crippen LogP contribution in [0.5, 0.6) is 0 Å². The summed E-state index contributed by atoms with van der Waals surface area (Å²) in [4.78, 5) is 0. The summed E-state index contributed by atoms with van der Waals surface area (Å²) in [5, 5.41) is 17.4. The fourth-order valence-corrected chi connectivity index (χ4v) is 1.40. The molecule has 1 rings (SSSR count). The summed E-state index contributed by atoms with van der Waals surface area (Å²) < 4.78 is 0. The van der Waals surface area contributed by atoms with Crippen molar-refractivity contribution in [3.8, 4) is 0 Å². The Labute approximate surface area is 61.9 Å². The van der Waals surface area contributed by atoms with Crippen molar-refractivity contribution < 1.29 is 10.2 Å². The van der Waals surface area contributed by atoms with Crippen molar-refractivity contribution in [2.24, 2.45) is 11.8 Å². The molecule has 0 amide bonds. The molecule has 1 aliphatic carbocycles. The first-order chi connectivity index (χ1) is 4.88. The number of aliphatic hydroxyl groups excluding tert-OH is 2. The quantitative estimate of drug-likeness (QED) is 0.598. The average molecular weight is 144 g/mol. The van der Waals surface area contributed by atoms with E-state index in [1.54, 1.807) is 0 Å². The van der Waals surface area contributed by atoms with Crippen molar-refractivity contribution in [3.05, 3.63) is 0 Å². The smallest absolute Gasteiger partial charge is 0.0461 e. The van der Waals surface area contributed by atoms with Gasteiger partial charge in [-0.25, -0.2) is 0 Å². The lowest BCUT2D eigenvalue weighted by molar-refractivity contribution is 0.186. The zero-order chi connectivity index (χ0) is 7.40. The van der Waals surface area contributed by atoms with Crippen molar-refractivity contribution in [1.82, 2.24) is 0 Å². The predicted octanol–water partition coefficient (Wildman–Crippen LogP) is 0.777. The summed E-state index contributed by atoms with van der Waals surface area (Å²) >= 11 is 0. The van der Waals surface area contributed by atoms with Crippen LogP contribution >= 0.6 is 0 Å². The van der Waals surface area contributed by atoms with E-state index in [4.69, 9.17) is 10.2 Å². The third-order valence-corrected chi connectivity index (χ3v) is 2.26. The molecule has 2 N–H and O–H groups in total. The Morgan fingerprint density at radius 1 is 1.30 bits per heavy atom. The fraction of sp³-hybridized carbons (Fsp3) is 1.00. The second-order valence-corrected chi connectivity index (χ2v) is 3.15. The van der Waals surface area contributed by atoms with Gasteiger partial charge in [0, 0.05) is 13.2 Å². The topological polar surface area (TPSA) is 40.5 Å². The molecular weight excluding hydrogens is 128 g/mol. The molecule has 0 bridgehead atoms. The van der Waals surface area contributed by atoms with Gasteiger partial charge in [0.15, 0.2) is 0 Å². The van der Waals surface area contributed by atoms with Gasteiger partial charge in [-0.1, -0.05) is 0 Å². The lowest BCUT2D eigenvalue weighted by atomic mass is 9.99. The second kappa shape index (κ2) is 3.94. The van der Waals surface area contributed by atoms with E-state index in [2.05, 4.69) is 0 Å². The summed E-state index contributed by atoms with van der Waals surface area (Å²) in [6.07, 6.45) is 4.42. The third kappa shape index (κ3) is 2.27. The Hall–Kier alpha value is -0.0800. The van der Waals surface area contributed by atoms with Crippen molar-refractivity contribution in [2.45, 2.75) is 25.7 Å². The van der Waals surface area contributed by atoms with E-state index in [0.29, 0.717) is 12.5 Å². The maximum atomic E-state index is 8.88. The van der Waals surface area contributed by atoms with Gasteiger partial charge in [-0.15, -0.1) is 0 Å². The van der Waals surface area contributed by atoms with Gasteiger partial charge >= 0.3 is 0 Å². The van der Waals surface area contributed by atoms with Gasteiger partial charge in [0.25, 0.3) is 0 Å². The molecule has 0 saturated heterocycles. The average Bonchev–Trinajstić information content (AvgIpc) is 2.73. The Kier molecular flexibility index (Phi) is 3.16. The van der Waals surface area contributed by atoms with Gasteiger partial charge in [0.05, 0.1) is 0 Å². The van der Waals surface area contributed by atoms with E-state index >= 15 is 0 Å². The second-order valence-electron chi connectivity index (χ2n) is 3.15. The SMILES string of the molecule is OCCCC(CO)C1CC1. The molecule has 1 fully saturated rings. The summed E-state index contributed by atoms with van der Waals surface area (Å²) in [6, 6.07) is 0. The molecule has 0 aromatic rings. The normalized spacial score (nSPS) is 21.0. The van der Waals surface area contributed by atoms with E-state index in [1.807, 2.05) is 0 Å². The zero-order valence-corrected chi connectivity index (χ0v) is 6.29. The Balaban J connectivity index is 2.07. The van der Waals surface area contributed by atoms with E-state index in [-0.39, 0.29) is 6.61 Å². The van der Waals surface area contributed by atoms with Crippen LogP contribution in [0, 0.1) is 11.8 Å². The van der Waals surface area contributed by atoms with Gasteiger partial charge in [0.2, 0.25) is 0 Å². The molecule has 0 heterocycles. The lowest BCUT2D eigenvalue weighted by Gasteiger charge is -2.10. The molecule has 2 heteroatoms. The monoisotopic (exact) mass is 144 g/mol.